The van der Waals surface area contributed by atoms with Crippen LogP contribution in [0.4, 0.5) is 18.9 Å². The number of carboxylic acids is 1. The quantitative estimate of drug-likeness (QED) is 0.808. The molecule has 1 rings (SSSR count). The zero-order valence-corrected chi connectivity index (χ0v) is 7.68. The molecule has 0 unspecified atom stereocenters. The van der Waals surface area contributed by atoms with E-state index in [4.69, 9.17) is 0 Å². The fourth-order valence-corrected chi connectivity index (χ4v) is 1.05. The van der Waals surface area contributed by atoms with Crippen molar-refractivity contribution in [2.75, 3.05) is 12.4 Å². The Morgan fingerprint density at radius 1 is 1.33 bits per heavy atom. The van der Waals surface area contributed by atoms with E-state index in [-0.39, 0.29) is 5.69 Å². The number of aromatic carboxylic acids is 1. The van der Waals surface area contributed by atoms with Crippen LogP contribution in [0, 0.1) is 0 Å². The molecule has 0 saturated carbocycles. The van der Waals surface area contributed by atoms with Gasteiger partial charge in [0.25, 0.3) is 0 Å². The third kappa shape index (κ3) is 2.61. The van der Waals surface area contributed by atoms with Gasteiger partial charge in [0.15, 0.2) is 0 Å². The van der Waals surface area contributed by atoms with E-state index in [9.17, 15) is 23.1 Å². The topological polar surface area (TPSA) is 52.2 Å². The number of halogens is 3. The molecule has 82 valence electrons. The van der Waals surface area contributed by atoms with Gasteiger partial charge in [-0.15, -0.1) is 0 Å². The Morgan fingerprint density at radius 2 is 1.93 bits per heavy atom. The van der Waals surface area contributed by atoms with Gasteiger partial charge in [0.05, 0.1) is 11.5 Å². The molecular formula is C9H7F3NO2-. The van der Waals surface area contributed by atoms with Crippen LogP contribution in [-0.4, -0.2) is 13.0 Å². The Labute approximate surface area is 83.5 Å². The predicted molar refractivity (Wildman–Crippen MR) is 45.3 cm³/mol. The van der Waals surface area contributed by atoms with Gasteiger partial charge in [0, 0.05) is 12.7 Å². The highest BCUT2D eigenvalue weighted by Crippen LogP contribution is 2.31. The van der Waals surface area contributed by atoms with Crippen LogP contribution in [0.15, 0.2) is 18.2 Å². The van der Waals surface area contributed by atoms with Crippen molar-refractivity contribution in [2.45, 2.75) is 6.18 Å². The fraction of sp³-hybridized carbons (Fsp3) is 0.222. The van der Waals surface area contributed by atoms with Crippen molar-refractivity contribution >= 4 is 11.7 Å². The number of rotatable bonds is 2. The van der Waals surface area contributed by atoms with E-state index in [1.54, 1.807) is 0 Å². The second-order valence-electron chi connectivity index (χ2n) is 2.83. The summed E-state index contributed by atoms with van der Waals surface area (Å²) in [6.45, 7) is 0. The molecule has 0 aliphatic heterocycles. The Kier molecular flexibility index (Phi) is 2.88. The lowest BCUT2D eigenvalue weighted by Gasteiger charge is -2.12. The zero-order chi connectivity index (χ0) is 11.6. The largest absolute Gasteiger partial charge is 0.545 e. The molecule has 1 aromatic rings. The lowest BCUT2D eigenvalue weighted by molar-refractivity contribution is -0.255. The molecule has 1 aromatic carbocycles. The molecule has 15 heavy (non-hydrogen) atoms. The van der Waals surface area contributed by atoms with Crippen LogP contribution in [0.25, 0.3) is 0 Å². The summed E-state index contributed by atoms with van der Waals surface area (Å²) in [6.07, 6.45) is -4.57. The lowest BCUT2D eigenvalue weighted by Crippen LogP contribution is -2.23. The average molecular weight is 218 g/mol. The normalized spacial score (nSPS) is 11.2. The first-order valence-corrected chi connectivity index (χ1v) is 3.96. The van der Waals surface area contributed by atoms with Crippen LogP contribution in [-0.2, 0) is 6.18 Å². The fourth-order valence-electron chi connectivity index (χ4n) is 1.05. The van der Waals surface area contributed by atoms with Gasteiger partial charge in [0.1, 0.15) is 0 Å². The molecule has 0 saturated heterocycles. The molecule has 0 aliphatic carbocycles. The van der Waals surface area contributed by atoms with Gasteiger partial charge in [-0.2, -0.15) is 13.2 Å². The number of hydrogen-bond donors (Lipinski definition) is 1. The minimum atomic E-state index is -4.57. The van der Waals surface area contributed by atoms with Crippen LogP contribution in [0.3, 0.4) is 0 Å². The maximum Gasteiger partial charge on any atom is 0.416 e. The summed E-state index contributed by atoms with van der Waals surface area (Å²) in [5, 5.41) is 12.9. The molecule has 0 atom stereocenters. The molecule has 3 nitrogen and oxygen atoms in total. The number of anilines is 1. The van der Waals surface area contributed by atoms with Crippen molar-refractivity contribution < 1.29 is 23.1 Å². The summed E-state index contributed by atoms with van der Waals surface area (Å²) in [5.41, 5.74) is -1.45. The Bertz CT molecular complexity index is 387. The molecule has 1 N–H and O–H groups in total. The van der Waals surface area contributed by atoms with Crippen molar-refractivity contribution in [2.24, 2.45) is 0 Å². The highest BCUT2D eigenvalue weighted by molar-refractivity contribution is 5.87. The first kappa shape index (κ1) is 11.4. The maximum absolute atomic E-state index is 12.3. The second kappa shape index (κ2) is 3.80. The molecule has 0 fully saturated rings. The smallest absolute Gasteiger partial charge is 0.416 e. The monoisotopic (exact) mass is 218 g/mol. The number of benzene rings is 1. The van der Waals surface area contributed by atoms with Crippen LogP contribution < -0.4 is 10.4 Å². The van der Waals surface area contributed by atoms with Gasteiger partial charge in [-0.05, 0) is 23.8 Å². The molecule has 0 aromatic heterocycles. The van der Waals surface area contributed by atoms with Crippen LogP contribution in [0.5, 0.6) is 0 Å². The third-order valence-corrected chi connectivity index (χ3v) is 1.78. The van der Waals surface area contributed by atoms with Gasteiger partial charge in [-0.3, -0.25) is 0 Å². The third-order valence-electron chi connectivity index (χ3n) is 1.78. The van der Waals surface area contributed by atoms with E-state index in [0.29, 0.717) is 6.07 Å². The van der Waals surface area contributed by atoms with E-state index >= 15 is 0 Å². The Balaban J connectivity index is 3.30. The Hall–Kier alpha value is -1.72. The Morgan fingerprint density at radius 3 is 2.33 bits per heavy atom. The van der Waals surface area contributed by atoms with E-state index in [1.165, 1.54) is 7.05 Å². The summed E-state index contributed by atoms with van der Waals surface area (Å²) in [4.78, 5) is 10.4. The van der Waals surface area contributed by atoms with E-state index in [0.717, 1.165) is 12.1 Å². The number of nitrogens with one attached hydrogen (secondary N) is 1. The molecule has 0 spiro atoms. The number of carbonyl (C=O) groups is 1. The lowest BCUT2D eigenvalue weighted by atomic mass is 10.1. The average Bonchev–Trinajstić information content (AvgIpc) is 2.15. The summed E-state index contributed by atoms with van der Waals surface area (Å²) in [5.74, 6) is -1.64. The summed E-state index contributed by atoms with van der Waals surface area (Å²) < 4.78 is 36.9. The molecule has 0 amide bonds. The molecule has 0 heterocycles. The molecule has 0 aliphatic rings. The van der Waals surface area contributed by atoms with Gasteiger partial charge in [-0.25, -0.2) is 0 Å². The standard InChI is InChI=1S/C9H8F3NO2/c1-13-7-3-5(8(14)15)2-6(4-7)9(10,11)12/h2-4,13H,1H3,(H,14,15)/p-1. The summed E-state index contributed by atoms with van der Waals surface area (Å²) >= 11 is 0. The second-order valence-corrected chi connectivity index (χ2v) is 2.83. The summed E-state index contributed by atoms with van der Waals surface area (Å²) in [7, 11) is 1.40. The van der Waals surface area contributed by atoms with Gasteiger partial charge >= 0.3 is 6.18 Å². The highest BCUT2D eigenvalue weighted by Gasteiger charge is 2.31. The molecular weight excluding hydrogens is 211 g/mol. The van der Waals surface area contributed by atoms with Crippen molar-refractivity contribution in [3.8, 4) is 0 Å². The molecule has 0 radical (unpaired) electrons. The minimum absolute atomic E-state index is 0.0732. The maximum atomic E-state index is 12.3. The number of alkyl halides is 3. The van der Waals surface area contributed by atoms with Crippen molar-refractivity contribution in [3.63, 3.8) is 0 Å². The van der Waals surface area contributed by atoms with E-state index < -0.39 is 23.3 Å². The van der Waals surface area contributed by atoms with Gasteiger partial charge < -0.3 is 15.2 Å². The van der Waals surface area contributed by atoms with Crippen molar-refractivity contribution in [1.29, 1.82) is 0 Å². The first-order chi connectivity index (χ1) is 6.84. The predicted octanol–water partition coefficient (Wildman–Crippen LogP) is 1.11. The SMILES string of the molecule is CNc1cc(C(=O)[O-])cc(C(F)(F)F)c1. The van der Waals surface area contributed by atoms with Gasteiger partial charge in [-0.1, -0.05) is 0 Å². The minimum Gasteiger partial charge on any atom is -0.545 e. The zero-order valence-electron chi connectivity index (χ0n) is 7.68. The van der Waals surface area contributed by atoms with E-state index in [2.05, 4.69) is 5.32 Å². The number of carboxylic acid groups (broad SMARTS) is 1. The van der Waals surface area contributed by atoms with Crippen LogP contribution in [0.1, 0.15) is 15.9 Å². The van der Waals surface area contributed by atoms with Gasteiger partial charge in [0.2, 0.25) is 0 Å². The van der Waals surface area contributed by atoms with Crippen LogP contribution >= 0.6 is 0 Å². The number of hydrogen-bond acceptors (Lipinski definition) is 3. The molecule has 6 heteroatoms. The first-order valence-electron chi connectivity index (χ1n) is 3.96. The highest BCUT2D eigenvalue weighted by atomic mass is 19.4. The van der Waals surface area contributed by atoms with Crippen molar-refractivity contribution in [3.05, 3.63) is 29.3 Å². The number of carbonyl (C=O) groups excluding carboxylic acids is 1. The van der Waals surface area contributed by atoms with E-state index in [1.807, 2.05) is 0 Å². The van der Waals surface area contributed by atoms with Crippen molar-refractivity contribution in [1.82, 2.24) is 0 Å². The molecule has 0 bridgehead atoms. The van der Waals surface area contributed by atoms with Crippen LogP contribution in [0.2, 0.25) is 0 Å². The summed E-state index contributed by atoms with van der Waals surface area (Å²) in [6, 6.07) is 2.44.